The predicted octanol–water partition coefficient (Wildman–Crippen LogP) is 3.10. The molecule has 3 N–H and O–H groups in total. The van der Waals surface area contributed by atoms with Crippen molar-refractivity contribution in [1.29, 1.82) is 0 Å². The first-order valence-corrected chi connectivity index (χ1v) is 9.72. The first kappa shape index (κ1) is 20.3. The molecule has 1 fully saturated rings. The number of rotatable bonds is 6. The molecule has 7 heteroatoms. The Hall–Kier alpha value is -2.44. The van der Waals surface area contributed by atoms with Crippen LogP contribution in [-0.4, -0.2) is 46.0 Å². The summed E-state index contributed by atoms with van der Waals surface area (Å²) < 4.78 is 0. The Kier molecular flexibility index (Phi) is 6.31. The molecule has 0 unspecified atom stereocenters. The number of aromatic nitrogens is 1. The summed E-state index contributed by atoms with van der Waals surface area (Å²) in [4.78, 5) is 29.7. The topological polar surface area (TPSA) is 96.5 Å². The van der Waals surface area contributed by atoms with Crippen LogP contribution in [0.1, 0.15) is 41.6 Å². The van der Waals surface area contributed by atoms with Gasteiger partial charge in [0.25, 0.3) is 5.91 Å². The number of halogens is 1. The Labute approximate surface area is 169 Å². The van der Waals surface area contributed by atoms with Crippen LogP contribution in [0.25, 0.3) is 0 Å². The van der Waals surface area contributed by atoms with Gasteiger partial charge < -0.3 is 15.7 Å². The monoisotopic (exact) mass is 401 g/mol. The third-order valence-corrected chi connectivity index (χ3v) is 5.89. The molecule has 1 aliphatic rings. The minimum Gasteiger partial charge on any atom is -0.480 e. The number of hydrogen-bond donors (Lipinski definition) is 2. The van der Waals surface area contributed by atoms with E-state index in [1.165, 1.54) is 11.1 Å². The SMILES string of the molecule is NC[C@]1(c2cccc(Cl)c2)CC[C@H](N(CC(=O)O)C(=O)c2cccnc2)CC1. The number of carboxylic acids is 1. The molecular weight excluding hydrogens is 378 g/mol. The quantitative estimate of drug-likeness (QED) is 0.775. The molecule has 148 valence electrons. The van der Waals surface area contributed by atoms with Gasteiger partial charge in [-0.1, -0.05) is 23.7 Å². The summed E-state index contributed by atoms with van der Waals surface area (Å²) in [5, 5.41) is 10.00. The molecule has 2 aromatic rings. The van der Waals surface area contributed by atoms with Crippen molar-refractivity contribution >= 4 is 23.5 Å². The summed E-state index contributed by atoms with van der Waals surface area (Å²) in [6.07, 6.45) is 5.96. The Morgan fingerprint density at radius 1 is 1.25 bits per heavy atom. The molecule has 1 saturated carbocycles. The average Bonchev–Trinajstić information content (AvgIpc) is 2.72. The molecular formula is C21H24ClN3O3. The number of amides is 1. The van der Waals surface area contributed by atoms with E-state index in [0.717, 1.165) is 18.4 Å². The molecule has 0 aliphatic heterocycles. The Balaban J connectivity index is 1.79. The van der Waals surface area contributed by atoms with Gasteiger partial charge in [-0.3, -0.25) is 14.6 Å². The van der Waals surface area contributed by atoms with Crippen LogP contribution in [0, 0.1) is 0 Å². The van der Waals surface area contributed by atoms with Gasteiger partial charge in [0.05, 0.1) is 5.56 Å². The van der Waals surface area contributed by atoms with E-state index in [-0.39, 0.29) is 23.9 Å². The second-order valence-corrected chi connectivity index (χ2v) is 7.73. The number of nitrogens with two attached hydrogens (primary N) is 1. The van der Waals surface area contributed by atoms with E-state index in [0.29, 0.717) is 30.0 Å². The summed E-state index contributed by atoms with van der Waals surface area (Å²) in [6.45, 7) is 0.154. The van der Waals surface area contributed by atoms with Gasteiger partial charge >= 0.3 is 5.97 Å². The number of hydrogen-bond acceptors (Lipinski definition) is 4. The second-order valence-electron chi connectivity index (χ2n) is 7.29. The van der Waals surface area contributed by atoms with Gasteiger partial charge in [0, 0.05) is 35.4 Å². The van der Waals surface area contributed by atoms with Gasteiger partial charge in [0.15, 0.2) is 0 Å². The zero-order valence-corrected chi connectivity index (χ0v) is 16.3. The van der Waals surface area contributed by atoms with Gasteiger partial charge in [-0.2, -0.15) is 0 Å². The summed E-state index contributed by atoms with van der Waals surface area (Å²) in [5.41, 5.74) is 7.45. The molecule has 3 rings (SSSR count). The fourth-order valence-electron chi connectivity index (χ4n) is 4.06. The lowest BCUT2D eigenvalue weighted by Gasteiger charge is -2.43. The lowest BCUT2D eigenvalue weighted by molar-refractivity contribution is -0.138. The van der Waals surface area contributed by atoms with E-state index in [2.05, 4.69) is 4.98 Å². The fourth-order valence-corrected chi connectivity index (χ4v) is 4.25. The maximum atomic E-state index is 12.9. The van der Waals surface area contributed by atoms with Crippen LogP contribution in [0.4, 0.5) is 0 Å². The maximum Gasteiger partial charge on any atom is 0.323 e. The third kappa shape index (κ3) is 4.34. The number of aliphatic carboxylic acids is 1. The van der Waals surface area contributed by atoms with E-state index in [9.17, 15) is 14.7 Å². The molecule has 28 heavy (non-hydrogen) atoms. The molecule has 1 aromatic carbocycles. The molecule has 0 radical (unpaired) electrons. The molecule has 1 amide bonds. The Morgan fingerprint density at radius 2 is 2.00 bits per heavy atom. The zero-order chi connectivity index (χ0) is 20.1. The lowest BCUT2D eigenvalue weighted by atomic mass is 9.68. The fraction of sp³-hybridized carbons (Fsp3) is 0.381. The molecule has 1 aromatic heterocycles. The van der Waals surface area contributed by atoms with Gasteiger partial charge in [0.1, 0.15) is 6.54 Å². The minimum atomic E-state index is -1.03. The van der Waals surface area contributed by atoms with Crippen molar-refractivity contribution in [2.75, 3.05) is 13.1 Å². The Bertz CT molecular complexity index is 836. The Morgan fingerprint density at radius 3 is 2.57 bits per heavy atom. The molecule has 0 spiro atoms. The summed E-state index contributed by atoms with van der Waals surface area (Å²) in [5.74, 6) is -1.33. The maximum absolute atomic E-state index is 12.9. The zero-order valence-electron chi connectivity index (χ0n) is 15.6. The molecule has 6 nitrogen and oxygen atoms in total. The van der Waals surface area contributed by atoms with Crippen molar-refractivity contribution in [1.82, 2.24) is 9.88 Å². The van der Waals surface area contributed by atoms with E-state index in [1.54, 1.807) is 18.3 Å². The van der Waals surface area contributed by atoms with E-state index >= 15 is 0 Å². The van der Waals surface area contributed by atoms with Crippen LogP contribution in [-0.2, 0) is 10.2 Å². The summed E-state index contributed by atoms with van der Waals surface area (Å²) in [7, 11) is 0. The van der Waals surface area contributed by atoms with Crippen LogP contribution in [0.5, 0.6) is 0 Å². The van der Waals surface area contributed by atoms with E-state index < -0.39 is 5.97 Å². The van der Waals surface area contributed by atoms with Crippen LogP contribution in [0.2, 0.25) is 5.02 Å². The van der Waals surface area contributed by atoms with Crippen LogP contribution in [0.3, 0.4) is 0 Å². The minimum absolute atomic E-state index is 0.150. The number of carboxylic acid groups (broad SMARTS) is 1. The van der Waals surface area contributed by atoms with Crippen molar-refractivity contribution in [3.8, 4) is 0 Å². The summed E-state index contributed by atoms with van der Waals surface area (Å²) >= 11 is 6.16. The van der Waals surface area contributed by atoms with E-state index in [1.807, 2.05) is 24.3 Å². The molecule has 1 aliphatic carbocycles. The smallest absolute Gasteiger partial charge is 0.323 e. The van der Waals surface area contributed by atoms with Crippen LogP contribution >= 0.6 is 11.6 Å². The first-order valence-electron chi connectivity index (χ1n) is 9.34. The molecule has 0 bridgehead atoms. The molecule has 0 atom stereocenters. The standard InChI is InChI=1S/C21H24ClN3O3/c22-17-5-1-4-16(11-17)21(14-23)8-6-18(7-9-21)25(13-19(26)27)20(28)15-3-2-10-24-12-15/h1-5,10-12,18H,6-9,13-14,23H2,(H,26,27)/t18-,21-. The summed E-state index contributed by atoms with van der Waals surface area (Å²) in [6, 6.07) is 10.9. The van der Waals surface area contributed by atoms with Crippen molar-refractivity contribution in [2.45, 2.75) is 37.1 Å². The number of nitrogens with zero attached hydrogens (tertiary/aromatic N) is 2. The van der Waals surface area contributed by atoms with Crippen molar-refractivity contribution in [2.24, 2.45) is 5.73 Å². The highest BCUT2D eigenvalue weighted by molar-refractivity contribution is 6.30. The predicted molar refractivity (Wildman–Crippen MR) is 107 cm³/mol. The number of pyridine rings is 1. The second kappa shape index (κ2) is 8.71. The third-order valence-electron chi connectivity index (χ3n) is 5.66. The van der Waals surface area contributed by atoms with E-state index in [4.69, 9.17) is 17.3 Å². The lowest BCUT2D eigenvalue weighted by Crippen LogP contribution is -2.49. The van der Waals surface area contributed by atoms with Crippen molar-refractivity contribution in [3.63, 3.8) is 0 Å². The largest absolute Gasteiger partial charge is 0.480 e. The van der Waals surface area contributed by atoms with Gasteiger partial charge in [-0.25, -0.2) is 0 Å². The number of carbonyl (C=O) groups excluding carboxylic acids is 1. The van der Waals surface area contributed by atoms with Gasteiger partial charge in [0.2, 0.25) is 0 Å². The number of carbonyl (C=O) groups is 2. The first-order chi connectivity index (χ1) is 13.4. The normalized spacial score (nSPS) is 21.9. The molecule has 0 saturated heterocycles. The van der Waals surface area contributed by atoms with Crippen molar-refractivity contribution < 1.29 is 14.7 Å². The molecule has 1 heterocycles. The highest BCUT2D eigenvalue weighted by Gasteiger charge is 2.39. The van der Waals surface area contributed by atoms with Crippen LogP contribution in [0.15, 0.2) is 48.8 Å². The van der Waals surface area contributed by atoms with Gasteiger partial charge in [-0.05, 0) is 55.5 Å². The highest BCUT2D eigenvalue weighted by Crippen LogP contribution is 2.41. The highest BCUT2D eigenvalue weighted by atomic mass is 35.5. The van der Waals surface area contributed by atoms with Crippen molar-refractivity contribution in [3.05, 3.63) is 64.9 Å². The number of benzene rings is 1. The average molecular weight is 402 g/mol. The van der Waals surface area contributed by atoms with Crippen LogP contribution < -0.4 is 5.73 Å². The van der Waals surface area contributed by atoms with Gasteiger partial charge in [-0.15, -0.1) is 0 Å².